The summed E-state index contributed by atoms with van der Waals surface area (Å²) in [6, 6.07) is 13.6. The molecular weight excluding hydrogens is 546 g/mol. The Labute approximate surface area is 243 Å². The number of hydrogen-bond acceptors (Lipinski definition) is 11. The summed E-state index contributed by atoms with van der Waals surface area (Å²) >= 11 is 0. The van der Waals surface area contributed by atoms with Gasteiger partial charge in [0, 0.05) is 18.7 Å². The Kier molecular flexibility index (Phi) is 10.1. The van der Waals surface area contributed by atoms with Crippen molar-refractivity contribution in [2.75, 3.05) is 13.7 Å². The normalized spacial score (nSPS) is 24.6. The number of phenols is 1. The van der Waals surface area contributed by atoms with Crippen LogP contribution in [0, 0.1) is 6.92 Å². The molecule has 0 bridgehead atoms. The summed E-state index contributed by atoms with van der Waals surface area (Å²) in [7, 11) is 1.44. The van der Waals surface area contributed by atoms with Crippen LogP contribution in [0.4, 0.5) is 0 Å². The van der Waals surface area contributed by atoms with E-state index in [4.69, 9.17) is 14.2 Å². The third-order valence-corrected chi connectivity index (χ3v) is 7.50. The quantitative estimate of drug-likeness (QED) is 0.163. The molecule has 1 aliphatic rings. The summed E-state index contributed by atoms with van der Waals surface area (Å²) < 4.78 is 17.2. The highest BCUT2D eigenvalue weighted by Crippen LogP contribution is 2.42. The SMILES string of the molecule is COc1cc(O[C@H]2O[C@H]([C@H](O)C[C@H](NC[C@H](C)O)c3ccccc3)[C@@H](O)[C@H](O)[C@H]2O)c2c(O)c(C(C)=O)c(C)cc2c1. The Morgan fingerprint density at radius 3 is 2.36 bits per heavy atom. The van der Waals surface area contributed by atoms with Crippen LogP contribution in [0.15, 0.2) is 48.5 Å². The van der Waals surface area contributed by atoms with Crippen molar-refractivity contribution >= 4 is 16.6 Å². The molecule has 7 N–H and O–H groups in total. The lowest BCUT2D eigenvalue weighted by Crippen LogP contribution is -2.62. The van der Waals surface area contributed by atoms with Crippen LogP contribution >= 0.6 is 0 Å². The number of methoxy groups -OCH3 is 1. The number of rotatable bonds is 11. The molecule has 0 radical (unpaired) electrons. The number of phenolic OH excluding ortho intramolecular Hbond substituents is 1. The Balaban J connectivity index is 1.65. The molecule has 1 saturated heterocycles. The first kappa shape index (κ1) is 31.6. The van der Waals surface area contributed by atoms with Gasteiger partial charge in [-0.25, -0.2) is 0 Å². The van der Waals surface area contributed by atoms with Crippen LogP contribution < -0.4 is 14.8 Å². The molecule has 11 nitrogen and oxygen atoms in total. The fraction of sp³-hybridized carbons (Fsp3) is 0.452. The molecule has 0 unspecified atom stereocenters. The second-order valence-electron chi connectivity index (χ2n) is 10.8. The number of ketones is 1. The molecule has 3 aromatic rings. The zero-order valence-corrected chi connectivity index (χ0v) is 24.0. The first-order valence-corrected chi connectivity index (χ1v) is 13.8. The number of aliphatic hydroxyl groups is 5. The van der Waals surface area contributed by atoms with Crippen LogP contribution in [0.2, 0.25) is 0 Å². The van der Waals surface area contributed by atoms with Gasteiger partial charge in [0.05, 0.1) is 30.3 Å². The summed E-state index contributed by atoms with van der Waals surface area (Å²) in [6.07, 6.45) is -10.1. The molecule has 1 aliphatic heterocycles. The lowest BCUT2D eigenvalue weighted by atomic mass is 9.90. The molecule has 228 valence electrons. The Hall–Kier alpha value is -3.29. The number of aryl methyl sites for hydroxylation is 1. The predicted octanol–water partition coefficient (Wildman–Crippen LogP) is 1.71. The van der Waals surface area contributed by atoms with Crippen LogP contribution in [-0.2, 0) is 4.74 Å². The summed E-state index contributed by atoms with van der Waals surface area (Å²) in [5, 5.41) is 68.2. The zero-order chi connectivity index (χ0) is 30.7. The van der Waals surface area contributed by atoms with Gasteiger partial charge in [0.25, 0.3) is 0 Å². The lowest BCUT2D eigenvalue weighted by molar-refractivity contribution is -0.288. The molecule has 11 heteroatoms. The maximum atomic E-state index is 12.3. The van der Waals surface area contributed by atoms with Crippen molar-refractivity contribution < 1.29 is 49.6 Å². The van der Waals surface area contributed by atoms with Gasteiger partial charge in [-0.1, -0.05) is 36.4 Å². The molecule has 1 heterocycles. The van der Waals surface area contributed by atoms with Gasteiger partial charge in [-0.15, -0.1) is 0 Å². The minimum Gasteiger partial charge on any atom is -0.506 e. The molecule has 3 aromatic carbocycles. The highest BCUT2D eigenvalue weighted by molar-refractivity contribution is 6.07. The van der Waals surface area contributed by atoms with Crippen LogP contribution in [0.3, 0.4) is 0 Å². The van der Waals surface area contributed by atoms with Crippen LogP contribution in [0.5, 0.6) is 17.2 Å². The molecular formula is C31H39NO10. The fourth-order valence-electron chi connectivity index (χ4n) is 5.38. The Bertz CT molecular complexity index is 1380. The first-order chi connectivity index (χ1) is 19.9. The van der Waals surface area contributed by atoms with Crippen molar-refractivity contribution in [3.63, 3.8) is 0 Å². The number of benzene rings is 3. The molecule has 1 fully saturated rings. The summed E-state index contributed by atoms with van der Waals surface area (Å²) in [5.41, 5.74) is 1.47. The van der Waals surface area contributed by atoms with E-state index < -0.39 is 49.0 Å². The van der Waals surface area contributed by atoms with Gasteiger partial charge < -0.3 is 50.2 Å². The standard InChI is InChI=1S/C31H39NO10/c1-15-10-19-11-20(40-4)12-23(25(19)26(36)24(15)17(3)34)41-31-29(39)27(37)28(38)30(42-31)22(35)13-21(32-14-16(2)33)18-8-6-5-7-9-18/h5-12,16,21-22,27-33,35-39H,13-14H2,1-4H3/t16-,21-,22+,27-,28-,29+,30+,31-/m0/s1. The molecule has 0 spiro atoms. The van der Waals surface area contributed by atoms with Crippen molar-refractivity contribution in [2.45, 2.75) is 76.1 Å². The highest BCUT2D eigenvalue weighted by Gasteiger charge is 2.48. The van der Waals surface area contributed by atoms with Gasteiger partial charge in [-0.05, 0) is 49.8 Å². The van der Waals surface area contributed by atoms with Crippen molar-refractivity contribution in [3.8, 4) is 17.2 Å². The van der Waals surface area contributed by atoms with Gasteiger partial charge in [-0.2, -0.15) is 0 Å². The van der Waals surface area contributed by atoms with Crippen LogP contribution in [0.1, 0.15) is 47.8 Å². The minimum absolute atomic E-state index is 0.00834. The van der Waals surface area contributed by atoms with Crippen molar-refractivity contribution in [1.29, 1.82) is 0 Å². The number of carbonyl (C=O) groups is 1. The third-order valence-electron chi connectivity index (χ3n) is 7.50. The number of carbonyl (C=O) groups excluding carboxylic acids is 1. The molecule has 42 heavy (non-hydrogen) atoms. The van der Waals surface area contributed by atoms with E-state index in [2.05, 4.69) is 5.32 Å². The lowest BCUT2D eigenvalue weighted by Gasteiger charge is -2.42. The predicted molar refractivity (Wildman–Crippen MR) is 154 cm³/mol. The minimum atomic E-state index is -1.75. The maximum absolute atomic E-state index is 12.3. The topological polar surface area (TPSA) is 178 Å². The van der Waals surface area contributed by atoms with E-state index in [0.29, 0.717) is 16.7 Å². The zero-order valence-electron chi connectivity index (χ0n) is 24.0. The Morgan fingerprint density at radius 1 is 1.05 bits per heavy atom. The van der Waals surface area contributed by atoms with Crippen molar-refractivity contribution in [1.82, 2.24) is 5.32 Å². The molecule has 8 atom stereocenters. The van der Waals surface area contributed by atoms with Crippen LogP contribution in [0.25, 0.3) is 10.8 Å². The highest BCUT2D eigenvalue weighted by atomic mass is 16.7. The van der Waals surface area contributed by atoms with Gasteiger partial charge in [-0.3, -0.25) is 4.79 Å². The second-order valence-corrected chi connectivity index (χ2v) is 10.8. The Morgan fingerprint density at radius 2 is 1.74 bits per heavy atom. The molecule has 0 aromatic heterocycles. The van der Waals surface area contributed by atoms with Crippen molar-refractivity contribution in [2.24, 2.45) is 0 Å². The van der Waals surface area contributed by atoms with Gasteiger partial charge >= 0.3 is 0 Å². The summed E-state index contributed by atoms with van der Waals surface area (Å²) in [5.74, 6) is -0.343. The van der Waals surface area contributed by atoms with E-state index in [-0.39, 0.29) is 41.2 Å². The second kappa shape index (κ2) is 13.3. The molecule has 0 aliphatic carbocycles. The molecule has 0 saturated carbocycles. The van der Waals surface area contributed by atoms with Crippen molar-refractivity contribution in [3.05, 3.63) is 65.2 Å². The number of hydrogen-bond donors (Lipinski definition) is 7. The summed E-state index contributed by atoms with van der Waals surface area (Å²) in [6.45, 7) is 4.88. The van der Waals surface area contributed by atoms with E-state index in [1.165, 1.54) is 20.1 Å². The van der Waals surface area contributed by atoms with Gasteiger partial charge in [0.1, 0.15) is 41.7 Å². The van der Waals surface area contributed by atoms with Crippen LogP contribution in [-0.4, -0.2) is 93.0 Å². The number of ether oxygens (including phenoxy) is 3. The average molecular weight is 586 g/mol. The molecule has 4 rings (SSSR count). The number of nitrogens with one attached hydrogen (secondary N) is 1. The average Bonchev–Trinajstić information content (AvgIpc) is 2.95. The summed E-state index contributed by atoms with van der Waals surface area (Å²) in [4.78, 5) is 12.3. The number of aromatic hydroxyl groups is 1. The molecule has 0 amide bonds. The van der Waals surface area contributed by atoms with E-state index in [0.717, 1.165) is 5.56 Å². The third kappa shape index (κ3) is 6.68. The monoisotopic (exact) mass is 585 g/mol. The number of Topliss-reactive ketones (excluding diaryl/α,β-unsaturated/α-hetero) is 1. The van der Waals surface area contributed by atoms with E-state index in [1.54, 1.807) is 26.0 Å². The maximum Gasteiger partial charge on any atom is 0.229 e. The van der Waals surface area contributed by atoms with E-state index in [9.17, 15) is 35.4 Å². The first-order valence-electron chi connectivity index (χ1n) is 13.8. The fourth-order valence-corrected chi connectivity index (χ4v) is 5.38. The largest absolute Gasteiger partial charge is 0.506 e. The number of fused-ring (bicyclic) bond motifs is 1. The number of aliphatic hydroxyl groups excluding tert-OH is 5. The van der Waals surface area contributed by atoms with Gasteiger partial charge in [0.2, 0.25) is 6.29 Å². The smallest absolute Gasteiger partial charge is 0.229 e. The van der Waals surface area contributed by atoms with E-state index in [1.807, 2.05) is 30.3 Å². The van der Waals surface area contributed by atoms with Gasteiger partial charge in [0.15, 0.2) is 5.78 Å². The van der Waals surface area contributed by atoms with E-state index >= 15 is 0 Å².